The number of carbonyl (C=O) groups is 1. The Morgan fingerprint density at radius 1 is 1.64 bits per heavy atom. The summed E-state index contributed by atoms with van der Waals surface area (Å²) >= 11 is 1.82. The van der Waals surface area contributed by atoms with Crippen molar-refractivity contribution in [2.75, 3.05) is 18.1 Å². The highest BCUT2D eigenvalue weighted by Gasteiger charge is 2.38. The van der Waals surface area contributed by atoms with Gasteiger partial charge in [-0.3, -0.25) is 4.79 Å². The topological polar surface area (TPSA) is 32.7 Å². The van der Waals surface area contributed by atoms with Gasteiger partial charge in [0.15, 0.2) is 0 Å². The Morgan fingerprint density at radius 3 is 3.07 bits per heavy atom. The van der Waals surface area contributed by atoms with Gasteiger partial charge in [-0.25, -0.2) is 5.01 Å². The van der Waals surface area contributed by atoms with Crippen LogP contribution in [0.25, 0.3) is 0 Å². The largest absolute Gasteiger partial charge is 0.272 e. The van der Waals surface area contributed by atoms with E-state index in [1.807, 2.05) is 11.8 Å². The van der Waals surface area contributed by atoms with Gasteiger partial charge in [0.05, 0.1) is 11.6 Å². The second-order valence-corrected chi connectivity index (χ2v) is 5.33. The SMILES string of the molecule is CC(C)CCN1N=C2CSCC2C1=O. The van der Waals surface area contributed by atoms with Crippen LogP contribution in [0.1, 0.15) is 20.3 Å². The van der Waals surface area contributed by atoms with Crippen molar-refractivity contribution in [3.8, 4) is 0 Å². The number of amides is 1. The predicted octanol–water partition coefficient (Wildman–Crippen LogP) is 1.59. The van der Waals surface area contributed by atoms with Crippen LogP contribution in [-0.2, 0) is 4.79 Å². The van der Waals surface area contributed by atoms with Gasteiger partial charge in [-0.1, -0.05) is 13.8 Å². The summed E-state index contributed by atoms with van der Waals surface area (Å²) < 4.78 is 0. The summed E-state index contributed by atoms with van der Waals surface area (Å²) in [7, 11) is 0. The molecule has 2 aliphatic rings. The molecule has 0 spiro atoms. The Balaban J connectivity index is 1.95. The zero-order chi connectivity index (χ0) is 10.1. The lowest BCUT2D eigenvalue weighted by atomic mass is 10.1. The fraction of sp³-hybridized carbons (Fsp3) is 0.800. The van der Waals surface area contributed by atoms with E-state index < -0.39 is 0 Å². The summed E-state index contributed by atoms with van der Waals surface area (Å²) in [4.78, 5) is 11.8. The lowest BCUT2D eigenvalue weighted by molar-refractivity contribution is -0.131. The van der Waals surface area contributed by atoms with Crippen LogP contribution >= 0.6 is 11.8 Å². The molecule has 4 heteroatoms. The summed E-state index contributed by atoms with van der Waals surface area (Å²) in [6, 6.07) is 0. The van der Waals surface area contributed by atoms with Crippen LogP contribution in [0.15, 0.2) is 5.10 Å². The predicted molar refractivity (Wildman–Crippen MR) is 59.4 cm³/mol. The molecular formula is C10H16N2OS. The second-order valence-electron chi connectivity index (χ2n) is 4.30. The first-order valence-electron chi connectivity index (χ1n) is 5.15. The van der Waals surface area contributed by atoms with Gasteiger partial charge in [0.25, 0.3) is 5.91 Å². The van der Waals surface area contributed by atoms with E-state index in [0.717, 1.165) is 30.2 Å². The van der Waals surface area contributed by atoms with E-state index in [2.05, 4.69) is 18.9 Å². The van der Waals surface area contributed by atoms with Crippen molar-refractivity contribution in [2.24, 2.45) is 16.9 Å². The number of carbonyl (C=O) groups excluding carboxylic acids is 1. The van der Waals surface area contributed by atoms with E-state index in [0.29, 0.717) is 5.92 Å². The molecule has 1 unspecified atom stereocenters. The normalized spacial score (nSPS) is 25.9. The quantitative estimate of drug-likeness (QED) is 0.711. The average Bonchev–Trinajstić information content (AvgIpc) is 2.66. The minimum Gasteiger partial charge on any atom is -0.272 e. The highest BCUT2D eigenvalue weighted by atomic mass is 32.2. The average molecular weight is 212 g/mol. The first kappa shape index (κ1) is 10.0. The molecule has 14 heavy (non-hydrogen) atoms. The third-order valence-electron chi connectivity index (χ3n) is 2.66. The van der Waals surface area contributed by atoms with Gasteiger partial charge >= 0.3 is 0 Å². The van der Waals surface area contributed by atoms with Crippen molar-refractivity contribution in [3.63, 3.8) is 0 Å². The maximum Gasteiger partial charge on any atom is 0.252 e. The smallest absolute Gasteiger partial charge is 0.252 e. The molecule has 0 N–H and O–H groups in total. The highest BCUT2D eigenvalue weighted by molar-refractivity contribution is 8.00. The molecule has 2 heterocycles. The Hall–Kier alpha value is -0.510. The Kier molecular flexibility index (Phi) is 2.81. The van der Waals surface area contributed by atoms with Crippen LogP contribution in [0.4, 0.5) is 0 Å². The molecule has 0 aromatic carbocycles. The maximum absolute atomic E-state index is 11.8. The van der Waals surface area contributed by atoms with Gasteiger partial charge in [-0.15, -0.1) is 0 Å². The Labute approximate surface area is 88.9 Å². The Morgan fingerprint density at radius 2 is 2.43 bits per heavy atom. The van der Waals surface area contributed by atoms with Crippen molar-refractivity contribution < 1.29 is 4.79 Å². The fourth-order valence-corrected chi connectivity index (χ4v) is 2.87. The zero-order valence-electron chi connectivity index (χ0n) is 8.69. The fourth-order valence-electron chi connectivity index (χ4n) is 1.72. The maximum atomic E-state index is 11.8. The summed E-state index contributed by atoms with van der Waals surface area (Å²) in [5, 5.41) is 6.06. The van der Waals surface area contributed by atoms with Crippen molar-refractivity contribution in [2.45, 2.75) is 20.3 Å². The lowest BCUT2D eigenvalue weighted by Gasteiger charge is -2.14. The minimum absolute atomic E-state index is 0.118. The summed E-state index contributed by atoms with van der Waals surface area (Å²) in [6.45, 7) is 5.13. The molecule has 1 amide bonds. The van der Waals surface area contributed by atoms with Gasteiger partial charge in [0.1, 0.15) is 0 Å². The number of thioether (sulfide) groups is 1. The second kappa shape index (κ2) is 3.93. The molecule has 78 valence electrons. The third kappa shape index (κ3) is 1.80. The van der Waals surface area contributed by atoms with Crippen LogP contribution in [0, 0.1) is 11.8 Å². The number of hydrazone groups is 1. The van der Waals surface area contributed by atoms with Crippen molar-refractivity contribution in [1.29, 1.82) is 0 Å². The molecule has 0 aromatic rings. The molecule has 0 bridgehead atoms. The first-order chi connectivity index (χ1) is 6.68. The van der Waals surface area contributed by atoms with E-state index in [-0.39, 0.29) is 11.8 Å². The van der Waals surface area contributed by atoms with E-state index in [1.165, 1.54) is 0 Å². The summed E-state index contributed by atoms with van der Waals surface area (Å²) in [5.41, 5.74) is 1.10. The van der Waals surface area contributed by atoms with Crippen LogP contribution in [0.2, 0.25) is 0 Å². The molecule has 1 saturated heterocycles. The standard InChI is InChI=1S/C10H16N2OS/c1-7(2)3-4-12-10(13)8-5-14-6-9(8)11-12/h7-8H,3-6H2,1-2H3. The zero-order valence-corrected chi connectivity index (χ0v) is 9.51. The van der Waals surface area contributed by atoms with Crippen LogP contribution in [-0.4, -0.2) is 34.7 Å². The van der Waals surface area contributed by atoms with Crippen LogP contribution in [0.3, 0.4) is 0 Å². The van der Waals surface area contributed by atoms with Gasteiger partial charge in [0, 0.05) is 18.1 Å². The number of hydrogen-bond acceptors (Lipinski definition) is 3. The van der Waals surface area contributed by atoms with Crippen molar-refractivity contribution in [3.05, 3.63) is 0 Å². The molecular weight excluding hydrogens is 196 g/mol. The monoisotopic (exact) mass is 212 g/mol. The van der Waals surface area contributed by atoms with Crippen molar-refractivity contribution in [1.82, 2.24) is 5.01 Å². The van der Waals surface area contributed by atoms with Crippen LogP contribution < -0.4 is 0 Å². The minimum atomic E-state index is 0.118. The Bertz CT molecular complexity index is 275. The van der Waals surface area contributed by atoms with Crippen LogP contribution in [0.5, 0.6) is 0 Å². The van der Waals surface area contributed by atoms with E-state index in [4.69, 9.17) is 0 Å². The molecule has 3 nitrogen and oxygen atoms in total. The molecule has 1 atom stereocenters. The van der Waals surface area contributed by atoms with Gasteiger partial charge < -0.3 is 0 Å². The molecule has 2 aliphatic heterocycles. The number of rotatable bonds is 3. The summed E-state index contributed by atoms with van der Waals surface area (Å²) in [6.07, 6.45) is 1.04. The molecule has 0 saturated carbocycles. The van der Waals surface area contributed by atoms with E-state index in [9.17, 15) is 4.79 Å². The summed E-state index contributed by atoms with van der Waals surface area (Å²) in [5.74, 6) is 2.88. The van der Waals surface area contributed by atoms with E-state index in [1.54, 1.807) is 5.01 Å². The third-order valence-corrected chi connectivity index (χ3v) is 3.73. The molecule has 0 radical (unpaired) electrons. The molecule has 1 fully saturated rings. The highest BCUT2D eigenvalue weighted by Crippen LogP contribution is 2.28. The first-order valence-corrected chi connectivity index (χ1v) is 6.30. The number of nitrogens with zero attached hydrogens (tertiary/aromatic N) is 2. The van der Waals surface area contributed by atoms with Gasteiger partial charge in [-0.2, -0.15) is 16.9 Å². The molecule has 2 rings (SSSR count). The number of fused-ring (bicyclic) bond motifs is 1. The molecule has 0 aliphatic carbocycles. The van der Waals surface area contributed by atoms with Gasteiger partial charge in [-0.05, 0) is 12.3 Å². The lowest BCUT2D eigenvalue weighted by Crippen LogP contribution is -2.28. The number of hydrogen-bond donors (Lipinski definition) is 0. The van der Waals surface area contributed by atoms with Crippen molar-refractivity contribution >= 4 is 23.4 Å². The van der Waals surface area contributed by atoms with Gasteiger partial charge in [0.2, 0.25) is 0 Å². The molecule has 0 aromatic heterocycles. The van der Waals surface area contributed by atoms with E-state index >= 15 is 0 Å².